The summed E-state index contributed by atoms with van der Waals surface area (Å²) in [5, 5.41) is 6.45. The number of hydrogen-bond donors (Lipinski definition) is 2. The molecule has 7 heteroatoms. The fraction of sp³-hybridized carbons (Fsp3) is 0.700. The Labute approximate surface area is 102 Å². The molecular formula is C10H20N4O2S. The molecular weight excluding hydrogens is 240 g/mol. The molecule has 1 atom stereocenters. The highest BCUT2D eigenvalue weighted by atomic mass is 32.2. The smallest absolute Gasteiger partial charge is 0.215 e. The minimum absolute atomic E-state index is 0.405. The Morgan fingerprint density at radius 3 is 2.76 bits per heavy atom. The van der Waals surface area contributed by atoms with Crippen LogP contribution in [0.2, 0.25) is 0 Å². The lowest BCUT2D eigenvalue weighted by Crippen LogP contribution is -2.38. The van der Waals surface area contributed by atoms with Crippen LogP contribution < -0.4 is 10.0 Å². The highest BCUT2D eigenvalue weighted by Gasteiger charge is 2.18. The molecule has 17 heavy (non-hydrogen) atoms. The van der Waals surface area contributed by atoms with E-state index in [4.69, 9.17) is 0 Å². The van der Waals surface area contributed by atoms with Gasteiger partial charge in [0, 0.05) is 26.3 Å². The van der Waals surface area contributed by atoms with Crippen LogP contribution in [0.1, 0.15) is 12.5 Å². The lowest BCUT2D eigenvalue weighted by Gasteiger charge is -2.12. The van der Waals surface area contributed by atoms with Gasteiger partial charge in [0.15, 0.2) is 0 Å². The van der Waals surface area contributed by atoms with E-state index in [1.54, 1.807) is 24.9 Å². The van der Waals surface area contributed by atoms with Gasteiger partial charge in [-0.25, -0.2) is 13.1 Å². The monoisotopic (exact) mass is 260 g/mol. The molecule has 0 aliphatic heterocycles. The highest BCUT2D eigenvalue weighted by molar-refractivity contribution is 7.90. The Kier molecular flexibility index (Phi) is 5.10. The van der Waals surface area contributed by atoms with Crippen LogP contribution in [-0.4, -0.2) is 43.6 Å². The summed E-state index contributed by atoms with van der Waals surface area (Å²) in [5.41, 5.74) is 1.02. The second-order valence-electron chi connectivity index (χ2n) is 4.08. The van der Waals surface area contributed by atoms with Crippen LogP contribution in [0.5, 0.6) is 0 Å². The quantitative estimate of drug-likeness (QED) is 0.692. The second kappa shape index (κ2) is 6.13. The van der Waals surface area contributed by atoms with Crippen molar-refractivity contribution < 1.29 is 8.42 Å². The molecule has 1 aromatic rings. The average Bonchev–Trinajstić information content (AvgIpc) is 2.64. The van der Waals surface area contributed by atoms with Gasteiger partial charge in [-0.3, -0.25) is 4.68 Å². The first-order chi connectivity index (χ1) is 7.95. The molecule has 1 unspecified atom stereocenters. The summed E-state index contributed by atoms with van der Waals surface area (Å²) in [6.07, 6.45) is 4.27. The summed E-state index contributed by atoms with van der Waals surface area (Å²) in [6, 6.07) is 0. The maximum atomic E-state index is 11.7. The lowest BCUT2D eigenvalue weighted by atomic mass is 10.3. The number of aryl methyl sites for hydroxylation is 1. The van der Waals surface area contributed by atoms with Crippen molar-refractivity contribution in [1.82, 2.24) is 19.8 Å². The van der Waals surface area contributed by atoms with E-state index in [1.807, 2.05) is 13.2 Å². The molecule has 0 bridgehead atoms. The van der Waals surface area contributed by atoms with Crippen LogP contribution in [0, 0.1) is 0 Å². The minimum atomic E-state index is -3.23. The molecule has 0 aromatic carbocycles. The molecule has 1 rings (SSSR count). The van der Waals surface area contributed by atoms with Gasteiger partial charge in [-0.15, -0.1) is 0 Å². The molecule has 1 aromatic heterocycles. The minimum Gasteiger partial charge on any atom is -0.318 e. The highest BCUT2D eigenvalue weighted by Crippen LogP contribution is 1.99. The van der Waals surface area contributed by atoms with Crippen molar-refractivity contribution in [2.24, 2.45) is 7.05 Å². The van der Waals surface area contributed by atoms with Crippen LogP contribution >= 0.6 is 0 Å². The first-order valence-corrected chi connectivity index (χ1v) is 7.11. The molecule has 0 fully saturated rings. The van der Waals surface area contributed by atoms with Crippen molar-refractivity contribution in [2.75, 3.05) is 20.1 Å². The number of sulfonamides is 1. The molecule has 2 N–H and O–H groups in total. The van der Waals surface area contributed by atoms with Crippen molar-refractivity contribution in [3.8, 4) is 0 Å². The van der Waals surface area contributed by atoms with Gasteiger partial charge >= 0.3 is 0 Å². The third kappa shape index (κ3) is 4.45. The molecule has 0 saturated heterocycles. The molecule has 98 valence electrons. The van der Waals surface area contributed by atoms with Gasteiger partial charge in [0.1, 0.15) is 0 Å². The summed E-state index contributed by atoms with van der Waals surface area (Å²) in [4.78, 5) is 0. The molecule has 1 heterocycles. The van der Waals surface area contributed by atoms with E-state index in [9.17, 15) is 8.42 Å². The van der Waals surface area contributed by atoms with Crippen LogP contribution in [-0.2, 0) is 23.5 Å². The molecule has 0 radical (unpaired) electrons. The molecule has 0 aliphatic carbocycles. The standard InChI is InChI=1S/C10H20N4O2S/c1-9(6-11-2)17(15,16)13-5-4-10-7-12-14(3)8-10/h7-9,11,13H,4-6H2,1-3H3. The van der Waals surface area contributed by atoms with Crippen LogP contribution in [0.25, 0.3) is 0 Å². The zero-order valence-corrected chi connectivity index (χ0v) is 11.3. The number of nitrogens with zero attached hydrogens (tertiary/aromatic N) is 2. The lowest BCUT2D eigenvalue weighted by molar-refractivity contribution is 0.564. The molecule has 0 spiro atoms. The Balaban J connectivity index is 2.40. The van der Waals surface area contributed by atoms with Gasteiger partial charge in [-0.05, 0) is 26.0 Å². The second-order valence-corrected chi connectivity index (χ2v) is 6.26. The Morgan fingerprint density at radius 1 is 1.53 bits per heavy atom. The van der Waals surface area contributed by atoms with Crippen LogP contribution in [0.4, 0.5) is 0 Å². The van der Waals surface area contributed by atoms with E-state index >= 15 is 0 Å². The van der Waals surface area contributed by atoms with E-state index in [1.165, 1.54) is 0 Å². The first-order valence-electron chi connectivity index (χ1n) is 5.56. The van der Waals surface area contributed by atoms with Gasteiger partial charge in [-0.2, -0.15) is 5.10 Å². The van der Waals surface area contributed by atoms with Crippen LogP contribution in [0.15, 0.2) is 12.4 Å². The number of hydrogen-bond acceptors (Lipinski definition) is 4. The Hall–Kier alpha value is -0.920. The summed E-state index contributed by atoms with van der Waals surface area (Å²) in [6.45, 7) is 2.53. The predicted molar refractivity (Wildman–Crippen MR) is 67.2 cm³/mol. The maximum Gasteiger partial charge on any atom is 0.215 e. The van der Waals surface area contributed by atoms with E-state index in [-0.39, 0.29) is 0 Å². The van der Waals surface area contributed by atoms with Gasteiger partial charge in [0.2, 0.25) is 10.0 Å². The van der Waals surface area contributed by atoms with E-state index in [2.05, 4.69) is 15.1 Å². The first kappa shape index (κ1) is 14.1. The van der Waals surface area contributed by atoms with Crippen molar-refractivity contribution >= 4 is 10.0 Å². The SMILES string of the molecule is CNCC(C)S(=O)(=O)NCCc1cnn(C)c1. The van der Waals surface area contributed by atoms with E-state index in [0.717, 1.165) is 5.56 Å². The summed E-state index contributed by atoms with van der Waals surface area (Å²) in [7, 11) is 0.348. The topological polar surface area (TPSA) is 76.0 Å². The van der Waals surface area contributed by atoms with Gasteiger partial charge < -0.3 is 5.32 Å². The molecule has 0 amide bonds. The molecule has 0 saturated carbocycles. The van der Waals surface area contributed by atoms with Crippen molar-refractivity contribution in [2.45, 2.75) is 18.6 Å². The Morgan fingerprint density at radius 2 is 2.24 bits per heavy atom. The van der Waals surface area contributed by atoms with Gasteiger partial charge in [-0.1, -0.05) is 0 Å². The van der Waals surface area contributed by atoms with E-state index in [0.29, 0.717) is 19.5 Å². The third-order valence-electron chi connectivity index (χ3n) is 2.50. The molecule has 6 nitrogen and oxygen atoms in total. The van der Waals surface area contributed by atoms with Crippen LogP contribution in [0.3, 0.4) is 0 Å². The number of rotatable bonds is 7. The van der Waals surface area contributed by atoms with Crippen molar-refractivity contribution in [1.29, 1.82) is 0 Å². The summed E-state index contributed by atoms with van der Waals surface area (Å²) in [5.74, 6) is 0. The van der Waals surface area contributed by atoms with Crippen molar-refractivity contribution in [3.05, 3.63) is 18.0 Å². The third-order valence-corrected chi connectivity index (χ3v) is 4.33. The van der Waals surface area contributed by atoms with Crippen molar-refractivity contribution in [3.63, 3.8) is 0 Å². The maximum absolute atomic E-state index is 11.7. The summed E-state index contributed by atoms with van der Waals surface area (Å²) < 4.78 is 27.8. The fourth-order valence-corrected chi connectivity index (χ4v) is 2.54. The van der Waals surface area contributed by atoms with Gasteiger partial charge in [0.25, 0.3) is 0 Å². The zero-order valence-electron chi connectivity index (χ0n) is 10.5. The average molecular weight is 260 g/mol. The summed E-state index contributed by atoms with van der Waals surface area (Å²) >= 11 is 0. The molecule has 0 aliphatic rings. The zero-order chi connectivity index (χ0) is 12.9. The largest absolute Gasteiger partial charge is 0.318 e. The predicted octanol–water partition coefficient (Wildman–Crippen LogP) is -0.510. The Bertz CT molecular complexity index is 441. The van der Waals surface area contributed by atoms with E-state index < -0.39 is 15.3 Å². The fourth-order valence-electron chi connectivity index (χ4n) is 1.48. The number of aromatic nitrogens is 2. The normalized spacial score (nSPS) is 13.8. The number of nitrogens with one attached hydrogen (secondary N) is 2. The van der Waals surface area contributed by atoms with Gasteiger partial charge in [0.05, 0.1) is 11.4 Å².